The summed E-state index contributed by atoms with van der Waals surface area (Å²) in [7, 11) is 0. The number of benzene rings is 1. The zero-order valence-electron chi connectivity index (χ0n) is 10.0. The lowest BCUT2D eigenvalue weighted by Crippen LogP contribution is -2.34. The molecule has 2 atom stereocenters. The van der Waals surface area contributed by atoms with Crippen LogP contribution < -0.4 is 0 Å². The summed E-state index contributed by atoms with van der Waals surface area (Å²) in [5.41, 5.74) is -0.415. The first-order valence-electron chi connectivity index (χ1n) is 6.66. The Morgan fingerprint density at radius 1 is 1.12 bits per heavy atom. The second-order valence-electron chi connectivity index (χ2n) is 5.71. The highest BCUT2D eigenvalue weighted by Crippen LogP contribution is 2.49. The first kappa shape index (κ1) is 11.2. The highest BCUT2D eigenvalue weighted by atomic mass is 19.1. The van der Waals surface area contributed by atoms with Crippen LogP contribution in [0, 0.1) is 17.7 Å². The van der Waals surface area contributed by atoms with Crippen LogP contribution in [0.5, 0.6) is 0 Å². The molecule has 2 fully saturated rings. The third-order valence-electron chi connectivity index (χ3n) is 4.43. The SMILES string of the molecule is OC1(c2ccccc2F)CCCC(C2CC2)C1. The molecule has 92 valence electrons. The van der Waals surface area contributed by atoms with E-state index in [1.54, 1.807) is 12.1 Å². The average molecular weight is 234 g/mol. The van der Waals surface area contributed by atoms with Crippen molar-refractivity contribution >= 4 is 0 Å². The molecule has 2 aliphatic carbocycles. The largest absolute Gasteiger partial charge is 0.385 e. The van der Waals surface area contributed by atoms with E-state index >= 15 is 0 Å². The van der Waals surface area contributed by atoms with E-state index in [-0.39, 0.29) is 5.82 Å². The van der Waals surface area contributed by atoms with Crippen LogP contribution >= 0.6 is 0 Å². The van der Waals surface area contributed by atoms with E-state index in [0.29, 0.717) is 17.9 Å². The fourth-order valence-electron chi connectivity index (χ4n) is 3.35. The second kappa shape index (κ2) is 4.09. The van der Waals surface area contributed by atoms with Gasteiger partial charge in [-0.05, 0) is 56.4 Å². The van der Waals surface area contributed by atoms with Crippen molar-refractivity contribution in [2.75, 3.05) is 0 Å². The van der Waals surface area contributed by atoms with E-state index in [4.69, 9.17) is 0 Å². The van der Waals surface area contributed by atoms with Gasteiger partial charge in [0.15, 0.2) is 0 Å². The molecule has 17 heavy (non-hydrogen) atoms. The van der Waals surface area contributed by atoms with Crippen molar-refractivity contribution in [1.29, 1.82) is 0 Å². The average Bonchev–Trinajstić information content (AvgIpc) is 3.13. The molecule has 1 N–H and O–H groups in total. The van der Waals surface area contributed by atoms with Gasteiger partial charge in [0, 0.05) is 5.56 Å². The maximum absolute atomic E-state index is 13.8. The summed E-state index contributed by atoms with van der Waals surface area (Å²) in [4.78, 5) is 0. The smallest absolute Gasteiger partial charge is 0.129 e. The van der Waals surface area contributed by atoms with Gasteiger partial charge in [0.05, 0.1) is 5.60 Å². The number of hydrogen-bond donors (Lipinski definition) is 1. The van der Waals surface area contributed by atoms with Crippen molar-refractivity contribution in [1.82, 2.24) is 0 Å². The summed E-state index contributed by atoms with van der Waals surface area (Å²) in [6, 6.07) is 6.69. The first-order chi connectivity index (χ1) is 8.19. The summed E-state index contributed by atoms with van der Waals surface area (Å²) < 4.78 is 13.8. The third-order valence-corrected chi connectivity index (χ3v) is 4.43. The summed E-state index contributed by atoms with van der Waals surface area (Å²) in [5.74, 6) is 1.15. The number of halogens is 1. The molecule has 0 aromatic heterocycles. The van der Waals surface area contributed by atoms with Crippen LogP contribution in [0.2, 0.25) is 0 Å². The maximum Gasteiger partial charge on any atom is 0.129 e. The van der Waals surface area contributed by atoms with Gasteiger partial charge in [-0.3, -0.25) is 0 Å². The molecule has 0 heterocycles. The van der Waals surface area contributed by atoms with Crippen LogP contribution in [0.4, 0.5) is 4.39 Å². The fourth-order valence-corrected chi connectivity index (χ4v) is 3.35. The topological polar surface area (TPSA) is 20.2 Å². The van der Waals surface area contributed by atoms with Crippen molar-refractivity contribution < 1.29 is 9.50 Å². The van der Waals surface area contributed by atoms with E-state index in [0.717, 1.165) is 18.8 Å². The van der Waals surface area contributed by atoms with Gasteiger partial charge in [0.2, 0.25) is 0 Å². The van der Waals surface area contributed by atoms with E-state index in [2.05, 4.69) is 0 Å². The van der Waals surface area contributed by atoms with Gasteiger partial charge in [0.1, 0.15) is 5.82 Å². The molecule has 2 unspecified atom stereocenters. The highest BCUT2D eigenvalue weighted by molar-refractivity contribution is 5.25. The lowest BCUT2D eigenvalue weighted by Gasteiger charge is -2.37. The molecular formula is C15H19FO. The van der Waals surface area contributed by atoms with Crippen molar-refractivity contribution in [3.05, 3.63) is 35.6 Å². The molecule has 1 nitrogen and oxygen atoms in total. The zero-order chi connectivity index (χ0) is 11.9. The third kappa shape index (κ3) is 2.11. The Kier molecular flexibility index (Phi) is 2.70. The molecule has 0 aliphatic heterocycles. The Hall–Kier alpha value is -0.890. The number of hydrogen-bond acceptors (Lipinski definition) is 1. The van der Waals surface area contributed by atoms with E-state index in [1.807, 2.05) is 6.07 Å². The highest BCUT2D eigenvalue weighted by Gasteiger charge is 2.42. The van der Waals surface area contributed by atoms with Crippen molar-refractivity contribution in [2.45, 2.75) is 44.1 Å². The minimum Gasteiger partial charge on any atom is -0.385 e. The van der Waals surface area contributed by atoms with E-state index < -0.39 is 5.60 Å². The summed E-state index contributed by atoms with van der Waals surface area (Å²) in [6.07, 6.45) is 6.29. The number of aliphatic hydroxyl groups is 1. The monoisotopic (exact) mass is 234 g/mol. The molecule has 2 aliphatic rings. The Balaban J connectivity index is 1.86. The van der Waals surface area contributed by atoms with Crippen LogP contribution in [0.1, 0.15) is 44.1 Å². The van der Waals surface area contributed by atoms with Gasteiger partial charge in [-0.2, -0.15) is 0 Å². The molecule has 1 aromatic carbocycles. The van der Waals surface area contributed by atoms with Crippen molar-refractivity contribution in [3.63, 3.8) is 0 Å². The fraction of sp³-hybridized carbons (Fsp3) is 0.600. The van der Waals surface area contributed by atoms with Crippen LogP contribution in [0.15, 0.2) is 24.3 Å². The zero-order valence-corrected chi connectivity index (χ0v) is 10.0. The minimum absolute atomic E-state index is 0.258. The molecule has 0 saturated heterocycles. The standard InChI is InChI=1S/C15H19FO/c16-14-6-2-1-5-13(14)15(17)9-3-4-12(10-15)11-7-8-11/h1-2,5-6,11-12,17H,3-4,7-10H2. The second-order valence-corrected chi connectivity index (χ2v) is 5.71. The summed E-state index contributed by atoms with van der Waals surface area (Å²) >= 11 is 0. The minimum atomic E-state index is -0.920. The summed E-state index contributed by atoms with van der Waals surface area (Å²) in [5, 5.41) is 10.7. The Morgan fingerprint density at radius 2 is 1.88 bits per heavy atom. The van der Waals surface area contributed by atoms with Crippen molar-refractivity contribution in [3.8, 4) is 0 Å². The Labute approximate surface area is 102 Å². The van der Waals surface area contributed by atoms with Gasteiger partial charge in [-0.15, -0.1) is 0 Å². The lowest BCUT2D eigenvalue weighted by atomic mass is 9.72. The number of rotatable bonds is 2. The molecule has 1 aromatic rings. The lowest BCUT2D eigenvalue weighted by molar-refractivity contribution is -0.0278. The normalized spacial score (nSPS) is 33.6. The molecular weight excluding hydrogens is 215 g/mol. The molecule has 2 saturated carbocycles. The Bertz CT molecular complexity index is 413. The van der Waals surface area contributed by atoms with Gasteiger partial charge in [0.25, 0.3) is 0 Å². The predicted molar refractivity (Wildman–Crippen MR) is 65.0 cm³/mol. The van der Waals surface area contributed by atoms with Gasteiger partial charge >= 0.3 is 0 Å². The van der Waals surface area contributed by atoms with Crippen molar-refractivity contribution in [2.24, 2.45) is 11.8 Å². The molecule has 3 rings (SSSR count). The molecule has 2 heteroatoms. The summed E-state index contributed by atoms with van der Waals surface area (Å²) in [6.45, 7) is 0. The first-order valence-corrected chi connectivity index (χ1v) is 6.66. The van der Waals surface area contributed by atoms with E-state index in [9.17, 15) is 9.50 Å². The quantitative estimate of drug-likeness (QED) is 0.828. The predicted octanol–water partition coefficient (Wildman–Crippen LogP) is 3.61. The maximum atomic E-state index is 13.8. The van der Waals surface area contributed by atoms with Gasteiger partial charge in [-0.25, -0.2) is 4.39 Å². The van der Waals surface area contributed by atoms with Crippen LogP contribution in [0.3, 0.4) is 0 Å². The molecule has 0 spiro atoms. The van der Waals surface area contributed by atoms with Gasteiger partial charge in [-0.1, -0.05) is 18.2 Å². The van der Waals surface area contributed by atoms with E-state index in [1.165, 1.54) is 25.3 Å². The molecule has 0 bridgehead atoms. The Morgan fingerprint density at radius 3 is 2.59 bits per heavy atom. The molecule has 0 radical (unpaired) electrons. The van der Waals surface area contributed by atoms with Crippen LogP contribution in [-0.4, -0.2) is 5.11 Å². The molecule has 0 amide bonds. The van der Waals surface area contributed by atoms with Gasteiger partial charge < -0.3 is 5.11 Å². The van der Waals surface area contributed by atoms with Crippen LogP contribution in [0.25, 0.3) is 0 Å². The van der Waals surface area contributed by atoms with Crippen LogP contribution in [-0.2, 0) is 5.60 Å².